The van der Waals surface area contributed by atoms with Gasteiger partial charge in [0.2, 0.25) is 5.91 Å². The molecule has 1 amide bonds. The fraction of sp³-hybridized carbons (Fsp3) is 0.435. The molecule has 0 spiro atoms. The molecule has 2 aliphatic heterocycles. The van der Waals surface area contributed by atoms with Gasteiger partial charge in [-0.25, -0.2) is 9.59 Å². The lowest BCUT2D eigenvalue weighted by Gasteiger charge is -2.36. The molecule has 0 aliphatic carbocycles. The van der Waals surface area contributed by atoms with E-state index >= 15 is 0 Å². The van der Waals surface area contributed by atoms with Gasteiger partial charge in [-0.15, -0.1) is 0 Å². The average molecular weight is 412 g/mol. The van der Waals surface area contributed by atoms with Crippen molar-refractivity contribution in [1.82, 2.24) is 5.32 Å². The van der Waals surface area contributed by atoms with Crippen LogP contribution in [-0.2, 0) is 30.3 Å². The SMILES string of the molecule is CCOC(=O)C1=C(C)NC(C)=C(C(=O)OCC)C1CN1C(=O)CCc2ccccc21. The van der Waals surface area contributed by atoms with Crippen LogP contribution in [0.1, 0.15) is 39.7 Å². The van der Waals surface area contributed by atoms with Gasteiger partial charge in [0.1, 0.15) is 0 Å². The lowest BCUT2D eigenvalue weighted by Crippen LogP contribution is -2.44. The predicted molar refractivity (Wildman–Crippen MR) is 112 cm³/mol. The van der Waals surface area contributed by atoms with Gasteiger partial charge >= 0.3 is 11.9 Å². The maximum absolute atomic E-state index is 12.8. The van der Waals surface area contributed by atoms with Crippen LogP contribution in [-0.4, -0.2) is 37.6 Å². The summed E-state index contributed by atoms with van der Waals surface area (Å²) in [4.78, 5) is 40.2. The number of carbonyl (C=O) groups is 3. The quantitative estimate of drug-likeness (QED) is 0.724. The molecule has 0 fully saturated rings. The number of hydrogen-bond acceptors (Lipinski definition) is 6. The largest absolute Gasteiger partial charge is 0.463 e. The summed E-state index contributed by atoms with van der Waals surface area (Å²) in [5, 5.41) is 3.11. The van der Waals surface area contributed by atoms with Crippen molar-refractivity contribution in [1.29, 1.82) is 0 Å². The van der Waals surface area contributed by atoms with Crippen molar-refractivity contribution >= 4 is 23.5 Å². The van der Waals surface area contributed by atoms with Gasteiger partial charge in [-0.3, -0.25) is 4.79 Å². The fourth-order valence-corrected chi connectivity index (χ4v) is 4.15. The topological polar surface area (TPSA) is 84.9 Å². The maximum Gasteiger partial charge on any atom is 0.336 e. The third-order valence-electron chi connectivity index (χ3n) is 5.43. The van der Waals surface area contributed by atoms with Crippen molar-refractivity contribution in [2.45, 2.75) is 40.5 Å². The molecule has 0 saturated heterocycles. The van der Waals surface area contributed by atoms with Crippen LogP contribution in [0, 0.1) is 5.92 Å². The number of para-hydroxylation sites is 1. The number of allylic oxidation sites excluding steroid dienone is 2. The standard InChI is InChI=1S/C23H28N2O5/c1-5-29-22(27)20-14(3)24-15(4)21(23(28)30-6-2)17(20)13-25-18-10-8-7-9-16(18)11-12-19(25)26/h7-10,17,24H,5-6,11-13H2,1-4H3. The number of aryl methyl sites for hydroxylation is 1. The summed E-state index contributed by atoms with van der Waals surface area (Å²) in [5.74, 6) is -1.69. The predicted octanol–water partition coefficient (Wildman–Crippen LogP) is 2.86. The molecule has 7 nitrogen and oxygen atoms in total. The van der Waals surface area contributed by atoms with E-state index in [-0.39, 0.29) is 25.7 Å². The van der Waals surface area contributed by atoms with E-state index in [1.807, 2.05) is 24.3 Å². The Kier molecular flexibility index (Phi) is 6.59. The van der Waals surface area contributed by atoms with Crippen molar-refractivity contribution in [3.8, 4) is 0 Å². The fourth-order valence-electron chi connectivity index (χ4n) is 4.15. The zero-order chi connectivity index (χ0) is 21.8. The molecule has 1 aromatic rings. The molecule has 30 heavy (non-hydrogen) atoms. The molecule has 0 radical (unpaired) electrons. The summed E-state index contributed by atoms with van der Waals surface area (Å²) in [7, 11) is 0. The lowest BCUT2D eigenvalue weighted by molar-refractivity contribution is -0.140. The third-order valence-corrected chi connectivity index (χ3v) is 5.43. The van der Waals surface area contributed by atoms with E-state index in [1.54, 1.807) is 32.6 Å². The average Bonchev–Trinajstić information content (AvgIpc) is 2.70. The van der Waals surface area contributed by atoms with Crippen molar-refractivity contribution < 1.29 is 23.9 Å². The van der Waals surface area contributed by atoms with Crippen LogP contribution in [0.25, 0.3) is 0 Å². The van der Waals surface area contributed by atoms with Crippen molar-refractivity contribution in [3.63, 3.8) is 0 Å². The Labute approximate surface area is 176 Å². The van der Waals surface area contributed by atoms with Gasteiger partial charge in [-0.2, -0.15) is 0 Å². The van der Waals surface area contributed by atoms with Crippen LogP contribution < -0.4 is 10.2 Å². The minimum atomic E-state index is -0.653. The van der Waals surface area contributed by atoms with Crippen LogP contribution in [0.3, 0.4) is 0 Å². The molecule has 2 heterocycles. The van der Waals surface area contributed by atoms with Crippen LogP contribution in [0.2, 0.25) is 0 Å². The van der Waals surface area contributed by atoms with Gasteiger partial charge in [-0.05, 0) is 45.7 Å². The van der Waals surface area contributed by atoms with E-state index < -0.39 is 17.9 Å². The number of nitrogens with one attached hydrogen (secondary N) is 1. The number of hydrogen-bond donors (Lipinski definition) is 1. The number of amides is 1. The number of dihydropyridines is 1. The molecule has 160 valence electrons. The summed E-state index contributed by atoms with van der Waals surface area (Å²) in [6.45, 7) is 7.60. The van der Waals surface area contributed by atoms with E-state index in [1.165, 1.54) is 0 Å². The first-order chi connectivity index (χ1) is 14.4. The summed E-state index contributed by atoms with van der Waals surface area (Å²) < 4.78 is 10.6. The Hall–Kier alpha value is -3.09. The Balaban J connectivity index is 2.07. The Morgan fingerprint density at radius 2 is 1.57 bits per heavy atom. The number of rotatable bonds is 6. The van der Waals surface area contributed by atoms with Crippen molar-refractivity contribution in [3.05, 3.63) is 52.4 Å². The molecule has 0 saturated carbocycles. The number of anilines is 1. The summed E-state index contributed by atoms with van der Waals surface area (Å²) >= 11 is 0. The van der Waals surface area contributed by atoms with Crippen molar-refractivity contribution in [2.75, 3.05) is 24.7 Å². The van der Waals surface area contributed by atoms with Gasteiger partial charge in [0.05, 0.1) is 24.4 Å². The molecule has 0 atom stereocenters. The molecule has 0 bridgehead atoms. The molecule has 1 N–H and O–H groups in total. The maximum atomic E-state index is 12.8. The Bertz CT molecular complexity index is 891. The van der Waals surface area contributed by atoms with Crippen LogP contribution in [0.5, 0.6) is 0 Å². The highest BCUT2D eigenvalue weighted by atomic mass is 16.5. The molecule has 1 aromatic carbocycles. The summed E-state index contributed by atoms with van der Waals surface area (Å²) in [6, 6.07) is 7.72. The molecule has 2 aliphatic rings. The zero-order valence-electron chi connectivity index (χ0n) is 17.9. The minimum Gasteiger partial charge on any atom is -0.463 e. The number of benzene rings is 1. The summed E-state index contributed by atoms with van der Waals surface area (Å²) in [6.07, 6.45) is 1.06. The van der Waals surface area contributed by atoms with Crippen molar-refractivity contribution in [2.24, 2.45) is 5.92 Å². The van der Waals surface area contributed by atoms with E-state index in [0.29, 0.717) is 35.4 Å². The van der Waals surface area contributed by atoms with Crippen LogP contribution in [0.15, 0.2) is 46.8 Å². The second-order valence-electron chi connectivity index (χ2n) is 7.33. The molecule has 3 rings (SSSR count). The highest BCUT2D eigenvalue weighted by Gasteiger charge is 2.39. The highest BCUT2D eigenvalue weighted by Crippen LogP contribution is 2.35. The first-order valence-electron chi connectivity index (χ1n) is 10.3. The van der Waals surface area contributed by atoms with E-state index in [9.17, 15) is 14.4 Å². The molecule has 0 aromatic heterocycles. The first-order valence-corrected chi connectivity index (χ1v) is 10.3. The van der Waals surface area contributed by atoms with E-state index in [0.717, 1.165) is 11.3 Å². The minimum absolute atomic E-state index is 0.0334. The van der Waals surface area contributed by atoms with Gasteiger partial charge in [0.25, 0.3) is 0 Å². The number of fused-ring (bicyclic) bond motifs is 1. The Morgan fingerprint density at radius 3 is 2.13 bits per heavy atom. The molecule has 7 heteroatoms. The van der Waals surface area contributed by atoms with Gasteiger partial charge < -0.3 is 19.7 Å². The van der Waals surface area contributed by atoms with Crippen LogP contribution >= 0.6 is 0 Å². The number of esters is 2. The third kappa shape index (κ3) is 4.10. The normalized spacial score (nSPS) is 16.9. The number of nitrogens with zero attached hydrogens (tertiary/aromatic N) is 1. The highest BCUT2D eigenvalue weighted by molar-refractivity contribution is 6.00. The summed E-state index contributed by atoms with van der Waals surface area (Å²) in [5.41, 5.74) is 3.81. The van der Waals surface area contributed by atoms with Gasteiger partial charge in [0, 0.05) is 36.0 Å². The smallest absolute Gasteiger partial charge is 0.336 e. The lowest BCUT2D eigenvalue weighted by atomic mass is 9.84. The Morgan fingerprint density at radius 1 is 1.00 bits per heavy atom. The second kappa shape index (κ2) is 9.15. The first kappa shape index (κ1) is 21.6. The van der Waals surface area contributed by atoms with E-state index in [2.05, 4.69) is 5.32 Å². The monoisotopic (exact) mass is 412 g/mol. The number of carbonyl (C=O) groups excluding carboxylic acids is 3. The van der Waals surface area contributed by atoms with Crippen LogP contribution in [0.4, 0.5) is 5.69 Å². The molecule has 0 unspecified atom stereocenters. The number of ether oxygens (including phenoxy) is 2. The second-order valence-corrected chi connectivity index (χ2v) is 7.33. The van der Waals surface area contributed by atoms with Gasteiger partial charge in [-0.1, -0.05) is 18.2 Å². The van der Waals surface area contributed by atoms with Gasteiger partial charge in [0.15, 0.2) is 0 Å². The zero-order valence-corrected chi connectivity index (χ0v) is 17.9. The van der Waals surface area contributed by atoms with E-state index in [4.69, 9.17) is 9.47 Å². The molecular formula is C23H28N2O5. The molecular weight excluding hydrogens is 384 g/mol.